The Morgan fingerprint density at radius 2 is 2.06 bits per heavy atom. The second-order valence-corrected chi connectivity index (χ2v) is 4.86. The molecule has 1 heterocycles. The Labute approximate surface area is 96.3 Å². The molecule has 0 bridgehead atoms. The van der Waals surface area contributed by atoms with Crippen LogP contribution in [0.1, 0.15) is 18.9 Å². The van der Waals surface area contributed by atoms with Gasteiger partial charge in [-0.15, -0.1) is 0 Å². The van der Waals surface area contributed by atoms with Crippen LogP contribution >= 0.6 is 0 Å². The van der Waals surface area contributed by atoms with Crippen LogP contribution in [0.15, 0.2) is 30.3 Å². The molecular weight excluding hydrogens is 202 g/mol. The SMILES string of the molecule is CC1(O)CN(Cc2ccccc2)CCC1O. The average Bonchev–Trinajstić information content (AvgIpc) is 2.25. The van der Waals surface area contributed by atoms with E-state index in [0.29, 0.717) is 13.0 Å². The number of rotatable bonds is 2. The van der Waals surface area contributed by atoms with Crippen molar-refractivity contribution in [3.05, 3.63) is 35.9 Å². The molecule has 1 aromatic carbocycles. The summed E-state index contributed by atoms with van der Waals surface area (Å²) in [6.45, 7) is 3.91. The highest BCUT2D eigenvalue weighted by Gasteiger charge is 2.36. The topological polar surface area (TPSA) is 43.7 Å². The average molecular weight is 221 g/mol. The third-order valence-corrected chi connectivity index (χ3v) is 3.23. The molecule has 1 aliphatic rings. The zero-order valence-electron chi connectivity index (χ0n) is 9.63. The summed E-state index contributed by atoms with van der Waals surface area (Å²) in [5, 5.41) is 19.6. The Balaban J connectivity index is 1.97. The Bertz CT molecular complexity index is 337. The maximum Gasteiger partial charge on any atom is 0.100 e. The first-order chi connectivity index (χ1) is 7.58. The predicted octanol–water partition coefficient (Wildman–Crippen LogP) is 1.00. The van der Waals surface area contributed by atoms with Gasteiger partial charge in [0.15, 0.2) is 0 Å². The van der Waals surface area contributed by atoms with E-state index in [1.807, 2.05) is 18.2 Å². The molecule has 0 radical (unpaired) electrons. The molecular formula is C13H19NO2. The van der Waals surface area contributed by atoms with Crippen molar-refractivity contribution in [2.45, 2.75) is 31.6 Å². The number of β-amino-alcohol motifs (C(OH)–C–C–N with tert-alkyl or cyclic N) is 1. The maximum atomic E-state index is 10.00. The lowest BCUT2D eigenvalue weighted by atomic mass is 9.91. The number of hydrogen-bond donors (Lipinski definition) is 2. The van der Waals surface area contributed by atoms with Gasteiger partial charge in [0.25, 0.3) is 0 Å². The number of nitrogens with zero attached hydrogens (tertiary/aromatic N) is 1. The first-order valence-electron chi connectivity index (χ1n) is 5.75. The number of aliphatic hydroxyl groups excluding tert-OH is 1. The minimum absolute atomic E-state index is 0.531. The molecule has 1 saturated heterocycles. The van der Waals surface area contributed by atoms with E-state index in [1.54, 1.807) is 6.92 Å². The summed E-state index contributed by atoms with van der Waals surface area (Å²) in [4.78, 5) is 2.18. The van der Waals surface area contributed by atoms with Gasteiger partial charge < -0.3 is 10.2 Å². The van der Waals surface area contributed by atoms with Gasteiger partial charge in [-0.2, -0.15) is 0 Å². The molecule has 16 heavy (non-hydrogen) atoms. The van der Waals surface area contributed by atoms with Gasteiger partial charge in [0.2, 0.25) is 0 Å². The summed E-state index contributed by atoms with van der Waals surface area (Å²) in [6.07, 6.45) is 0.0411. The van der Waals surface area contributed by atoms with Crippen LogP contribution in [-0.2, 0) is 6.54 Å². The minimum Gasteiger partial charge on any atom is -0.390 e. The molecule has 2 unspecified atom stereocenters. The molecule has 2 N–H and O–H groups in total. The van der Waals surface area contributed by atoms with Gasteiger partial charge in [-0.25, -0.2) is 0 Å². The second-order valence-electron chi connectivity index (χ2n) is 4.86. The van der Waals surface area contributed by atoms with Crippen molar-refractivity contribution in [3.8, 4) is 0 Å². The van der Waals surface area contributed by atoms with Crippen LogP contribution in [0.25, 0.3) is 0 Å². The Hall–Kier alpha value is -0.900. The molecule has 0 saturated carbocycles. The molecule has 0 aliphatic carbocycles. The molecule has 0 aromatic heterocycles. The van der Waals surface area contributed by atoms with Gasteiger partial charge in [0.05, 0.1) is 6.10 Å². The molecule has 0 amide bonds. The van der Waals surface area contributed by atoms with E-state index in [-0.39, 0.29) is 0 Å². The van der Waals surface area contributed by atoms with Crippen LogP contribution in [0.3, 0.4) is 0 Å². The van der Waals surface area contributed by atoms with Crippen molar-refractivity contribution in [2.24, 2.45) is 0 Å². The Morgan fingerprint density at radius 1 is 1.38 bits per heavy atom. The number of benzene rings is 1. The summed E-state index contributed by atoms with van der Waals surface area (Å²) in [6, 6.07) is 10.2. The number of aliphatic hydroxyl groups is 2. The van der Waals surface area contributed by atoms with E-state index in [0.717, 1.165) is 13.1 Å². The fraction of sp³-hybridized carbons (Fsp3) is 0.538. The smallest absolute Gasteiger partial charge is 0.100 e. The van der Waals surface area contributed by atoms with Crippen LogP contribution in [0.5, 0.6) is 0 Å². The van der Waals surface area contributed by atoms with Gasteiger partial charge >= 0.3 is 0 Å². The summed E-state index contributed by atoms with van der Waals surface area (Å²) in [5.74, 6) is 0. The van der Waals surface area contributed by atoms with Crippen LogP contribution < -0.4 is 0 Å². The monoisotopic (exact) mass is 221 g/mol. The van der Waals surface area contributed by atoms with Crippen LogP contribution in [0, 0.1) is 0 Å². The molecule has 0 spiro atoms. The molecule has 2 atom stereocenters. The van der Waals surface area contributed by atoms with E-state index in [1.165, 1.54) is 5.56 Å². The van der Waals surface area contributed by atoms with Crippen molar-refractivity contribution in [1.82, 2.24) is 4.90 Å². The van der Waals surface area contributed by atoms with Gasteiger partial charge in [-0.3, -0.25) is 4.90 Å². The van der Waals surface area contributed by atoms with Crippen LogP contribution in [0.4, 0.5) is 0 Å². The highest BCUT2D eigenvalue weighted by Crippen LogP contribution is 2.22. The minimum atomic E-state index is -0.979. The van der Waals surface area contributed by atoms with Crippen molar-refractivity contribution >= 4 is 0 Å². The molecule has 88 valence electrons. The first-order valence-corrected chi connectivity index (χ1v) is 5.75. The van der Waals surface area contributed by atoms with Crippen molar-refractivity contribution in [1.29, 1.82) is 0 Å². The van der Waals surface area contributed by atoms with Gasteiger partial charge in [-0.1, -0.05) is 30.3 Å². The second kappa shape index (κ2) is 4.53. The fourth-order valence-corrected chi connectivity index (χ4v) is 2.23. The molecule has 1 aromatic rings. The normalized spacial score (nSPS) is 31.6. The molecule has 3 heteroatoms. The standard InChI is InChI=1S/C13H19NO2/c1-13(16)10-14(8-7-12(13)15)9-11-5-3-2-4-6-11/h2-6,12,15-16H,7-10H2,1H3. The van der Waals surface area contributed by atoms with Crippen LogP contribution in [-0.4, -0.2) is 39.9 Å². The van der Waals surface area contributed by atoms with E-state index in [2.05, 4.69) is 17.0 Å². The number of piperidine rings is 1. The highest BCUT2D eigenvalue weighted by molar-refractivity contribution is 5.14. The molecule has 2 rings (SSSR count). The largest absolute Gasteiger partial charge is 0.390 e. The van der Waals surface area contributed by atoms with Gasteiger partial charge in [0.1, 0.15) is 5.60 Å². The molecule has 3 nitrogen and oxygen atoms in total. The maximum absolute atomic E-state index is 10.00. The molecule has 1 fully saturated rings. The summed E-state index contributed by atoms with van der Waals surface area (Å²) in [5.41, 5.74) is 0.266. The molecule has 1 aliphatic heterocycles. The number of likely N-dealkylation sites (tertiary alicyclic amines) is 1. The predicted molar refractivity (Wildman–Crippen MR) is 63.0 cm³/mol. The van der Waals surface area contributed by atoms with E-state index >= 15 is 0 Å². The number of hydrogen-bond acceptors (Lipinski definition) is 3. The van der Waals surface area contributed by atoms with E-state index in [9.17, 15) is 10.2 Å². The fourth-order valence-electron chi connectivity index (χ4n) is 2.23. The lowest BCUT2D eigenvalue weighted by Gasteiger charge is -2.40. The van der Waals surface area contributed by atoms with Gasteiger partial charge in [-0.05, 0) is 18.9 Å². The lowest BCUT2D eigenvalue weighted by Crippen LogP contribution is -2.54. The van der Waals surface area contributed by atoms with Crippen molar-refractivity contribution in [3.63, 3.8) is 0 Å². The Morgan fingerprint density at radius 3 is 2.69 bits per heavy atom. The van der Waals surface area contributed by atoms with Crippen molar-refractivity contribution in [2.75, 3.05) is 13.1 Å². The Kier molecular flexibility index (Phi) is 3.28. The third-order valence-electron chi connectivity index (χ3n) is 3.23. The van der Waals surface area contributed by atoms with Gasteiger partial charge in [0, 0.05) is 19.6 Å². The van der Waals surface area contributed by atoms with Crippen molar-refractivity contribution < 1.29 is 10.2 Å². The zero-order valence-corrected chi connectivity index (χ0v) is 9.63. The highest BCUT2D eigenvalue weighted by atomic mass is 16.3. The third kappa shape index (κ3) is 2.61. The first kappa shape index (κ1) is 11.6. The summed E-state index contributed by atoms with van der Waals surface area (Å²) < 4.78 is 0. The van der Waals surface area contributed by atoms with Crippen LogP contribution in [0.2, 0.25) is 0 Å². The lowest BCUT2D eigenvalue weighted by molar-refractivity contribution is -0.110. The quantitative estimate of drug-likeness (QED) is 0.783. The summed E-state index contributed by atoms with van der Waals surface area (Å²) in [7, 11) is 0. The van der Waals surface area contributed by atoms with E-state index < -0.39 is 11.7 Å². The van der Waals surface area contributed by atoms with E-state index in [4.69, 9.17) is 0 Å². The summed E-state index contributed by atoms with van der Waals surface area (Å²) >= 11 is 0. The zero-order chi connectivity index (χ0) is 11.6.